The van der Waals surface area contributed by atoms with E-state index in [1.807, 2.05) is 13.8 Å². The molecular formula is C19H20FN3O2. The van der Waals surface area contributed by atoms with Crippen LogP contribution in [0.5, 0.6) is 0 Å². The molecule has 1 N–H and O–H groups in total. The van der Waals surface area contributed by atoms with E-state index >= 15 is 0 Å². The van der Waals surface area contributed by atoms with Gasteiger partial charge in [-0.1, -0.05) is 19.4 Å². The first kappa shape index (κ1) is 17.0. The first-order valence-electron chi connectivity index (χ1n) is 8.25. The van der Waals surface area contributed by atoms with Crippen molar-refractivity contribution in [1.29, 1.82) is 0 Å². The fourth-order valence-corrected chi connectivity index (χ4v) is 2.80. The fourth-order valence-electron chi connectivity index (χ4n) is 2.80. The van der Waals surface area contributed by atoms with Crippen molar-refractivity contribution in [3.05, 3.63) is 71.2 Å². The summed E-state index contributed by atoms with van der Waals surface area (Å²) in [6, 6.07) is 9.76. The Morgan fingerprint density at radius 2 is 2.16 bits per heavy atom. The van der Waals surface area contributed by atoms with E-state index in [-0.39, 0.29) is 11.7 Å². The lowest BCUT2D eigenvalue weighted by molar-refractivity contribution is 0.0946. The molecule has 0 bridgehead atoms. The van der Waals surface area contributed by atoms with Crippen LogP contribution in [-0.4, -0.2) is 15.7 Å². The smallest absolute Gasteiger partial charge is 0.255 e. The van der Waals surface area contributed by atoms with Gasteiger partial charge in [-0.2, -0.15) is 5.10 Å². The van der Waals surface area contributed by atoms with Gasteiger partial charge >= 0.3 is 0 Å². The highest BCUT2D eigenvalue weighted by molar-refractivity contribution is 5.96. The Labute approximate surface area is 145 Å². The Hall–Kier alpha value is -2.89. The minimum Gasteiger partial charge on any atom is -0.467 e. The largest absolute Gasteiger partial charge is 0.467 e. The predicted molar refractivity (Wildman–Crippen MR) is 92.1 cm³/mol. The van der Waals surface area contributed by atoms with Crippen LogP contribution in [0.4, 0.5) is 4.39 Å². The Balaban J connectivity index is 1.92. The average Bonchev–Trinajstić information content (AvgIpc) is 3.21. The van der Waals surface area contributed by atoms with Crippen molar-refractivity contribution in [2.45, 2.75) is 33.2 Å². The van der Waals surface area contributed by atoms with Crippen molar-refractivity contribution in [3.8, 4) is 5.69 Å². The van der Waals surface area contributed by atoms with Crippen molar-refractivity contribution < 1.29 is 13.6 Å². The Bertz CT molecular complexity index is 869. The SMILES string of the molecule is CCCc1nn(-c2cccc(F)c2)c(C)c1C(=O)NCc1ccco1. The van der Waals surface area contributed by atoms with Gasteiger partial charge < -0.3 is 9.73 Å². The van der Waals surface area contributed by atoms with E-state index in [0.29, 0.717) is 41.4 Å². The van der Waals surface area contributed by atoms with E-state index < -0.39 is 0 Å². The summed E-state index contributed by atoms with van der Waals surface area (Å²) < 4.78 is 20.4. The molecule has 2 aromatic heterocycles. The maximum atomic E-state index is 13.5. The maximum Gasteiger partial charge on any atom is 0.255 e. The van der Waals surface area contributed by atoms with E-state index in [1.165, 1.54) is 12.1 Å². The number of rotatable bonds is 6. The molecule has 25 heavy (non-hydrogen) atoms. The molecule has 0 aliphatic heterocycles. The van der Waals surface area contributed by atoms with Gasteiger partial charge in [0.15, 0.2) is 0 Å². The molecule has 0 unspecified atom stereocenters. The van der Waals surface area contributed by atoms with Crippen LogP contribution >= 0.6 is 0 Å². The van der Waals surface area contributed by atoms with Crippen molar-refractivity contribution in [2.24, 2.45) is 0 Å². The zero-order valence-corrected chi connectivity index (χ0v) is 14.3. The lowest BCUT2D eigenvalue weighted by Gasteiger charge is -2.06. The molecule has 5 nitrogen and oxygen atoms in total. The molecule has 0 aliphatic rings. The standard InChI is InChI=1S/C19H20FN3O2/c1-3-6-17-18(19(24)21-12-16-9-5-10-25-16)13(2)23(22-17)15-8-4-7-14(20)11-15/h4-5,7-11H,3,6,12H2,1-2H3,(H,21,24). The van der Waals surface area contributed by atoms with Gasteiger partial charge in [0.25, 0.3) is 5.91 Å². The molecular weight excluding hydrogens is 321 g/mol. The first-order valence-corrected chi connectivity index (χ1v) is 8.25. The van der Waals surface area contributed by atoms with Crippen LogP contribution in [0.25, 0.3) is 5.69 Å². The molecule has 0 saturated heterocycles. The molecule has 0 saturated carbocycles. The second-order valence-electron chi connectivity index (χ2n) is 5.81. The van der Waals surface area contributed by atoms with E-state index in [4.69, 9.17) is 4.42 Å². The third-order valence-electron chi connectivity index (χ3n) is 3.96. The molecule has 0 radical (unpaired) electrons. The van der Waals surface area contributed by atoms with E-state index in [9.17, 15) is 9.18 Å². The van der Waals surface area contributed by atoms with Crippen molar-refractivity contribution in [2.75, 3.05) is 0 Å². The molecule has 0 fully saturated rings. The van der Waals surface area contributed by atoms with Crippen LogP contribution in [-0.2, 0) is 13.0 Å². The van der Waals surface area contributed by atoms with Crippen molar-refractivity contribution in [1.82, 2.24) is 15.1 Å². The number of benzene rings is 1. The van der Waals surface area contributed by atoms with Gasteiger partial charge in [0.1, 0.15) is 11.6 Å². The number of hydrogen-bond acceptors (Lipinski definition) is 3. The topological polar surface area (TPSA) is 60.1 Å². The number of nitrogens with zero attached hydrogens (tertiary/aromatic N) is 2. The van der Waals surface area contributed by atoms with Crippen LogP contribution in [0.1, 0.15) is 40.9 Å². The number of amides is 1. The third kappa shape index (κ3) is 3.63. The van der Waals surface area contributed by atoms with Crippen LogP contribution in [0, 0.1) is 12.7 Å². The molecule has 2 heterocycles. The summed E-state index contributed by atoms with van der Waals surface area (Å²) in [5, 5.41) is 7.40. The van der Waals surface area contributed by atoms with Gasteiger partial charge in [-0.05, 0) is 43.7 Å². The van der Waals surface area contributed by atoms with Gasteiger partial charge in [-0.25, -0.2) is 9.07 Å². The summed E-state index contributed by atoms with van der Waals surface area (Å²) in [5.41, 5.74) is 2.53. The molecule has 0 aliphatic carbocycles. The normalized spacial score (nSPS) is 10.8. The van der Waals surface area contributed by atoms with Gasteiger partial charge in [-0.15, -0.1) is 0 Å². The zero-order chi connectivity index (χ0) is 17.8. The van der Waals surface area contributed by atoms with E-state index in [2.05, 4.69) is 10.4 Å². The van der Waals surface area contributed by atoms with Crippen LogP contribution in [0.2, 0.25) is 0 Å². The summed E-state index contributed by atoms with van der Waals surface area (Å²) in [7, 11) is 0. The molecule has 6 heteroatoms. The zero-order valence-electron chi connectivity index (χ0n) is 14.3. The van der Waals surface area contributed by atoms with E-state index in [1.54, 1.807) is 35.2 Å². The fraction of sp³-hybridized carbons (Fsp3) is 0.263. The Kier molecular flexibility index (Phi) is 4.97. The average molecular weight is 341 g/mol. The van der Waals surface area contributed by atoms with Crippen LogP contribution in [0.15, 0.2) is 47.1 Å². The molecule has 3 rings (SSSR count). The lowest BCUT2D eigenvalue weighted by Crippen LogP contribution is -2.24. The summed E-state index contributed by atoms with van der Waals surface area (Å²) in [4.78, 5) is 12.7. The molecule has 1 amide bonds. The molecule has 0 spiro atoms. The number of aryl methyl sites for hydroxylation is 1. The van der Waals surface area contributed by atoms with Crippen LogP contribution in [0.3, 0.4) is 0 Å². The van der Waals surface area contributed by atoms with Gasteiger partial charge in [0.05, 0.1) is 35.4 Å². The van der Waals surface area contributed by atoms with Gasteiger partial charge in [-0.3, -0.25) is 4.79 Å². The summed E-state index contributed by atoms with van der Waals surface area (Å²) >= 11 is 0. The summed E-state index contributed by atoms with van der Waals surface area (Å²) in [6.45, 7) is 4.15. The minimum absolute atomic E-state index is 0.208. The van der Waals surface area contributed by atoms with E-state index in [0.717, 1.165) is 6.42 Å². The Morgan fingerprint density at radius 3 is 2.84 bits per heavy atom. The van der Waals surface area contributed by atoms with Crippen molar-refractivity contribution in [3.63, 3.8) is 0 Å². The summed E-state index contributed by atoms with van der Waals surface area (Å²) in [5.74, 6) is 0.133. The number of halogens is 1. The molecule has 130 valence electrons. The minimum atomic E-state index is -0.340. The van der Waals surface area contributed by atoms with Gasteiger partial charge in [0, 0.05) is 0 Å². The Morgan fingerprint density at radius 1 is 1.32 bits per heavy atom. The maximum absolute atomic E-state index is 13.5. The lowest BCUT2D eigenvalue weighted by atomic mass is 10.1. The second kappa shape index (κ2) is 7.34. The number of carbonyl (C=O) groups excluding carboxylic acids is 1. The predicted octanol–water partition coefficient (Wildman–Crippen LogP) is 3.80. The van der Waals surface area contributed by atoms with Gasteiger partial charge in [0.2, 0.25) is 0 Å². The summed E-state index contributed by atoms with van der Waals surface area (Å²) in [6.07, 6.45) is 3.10. The highest BCUT2D eigenvalue weighted by atomic mass is 19.1. The first-order chi connectivity index (χ1) is 12.1. The monoisotopic (exact) mass is 341 g/mol. The number of nitrogens with one attached hydrogen (secondary N) is 1. The highest BCUT2D eigenvalue weighted by Gasteiger charge is 2.21. The number of aromatic nitrogens is 2. The highest BCUT2D eigenvalue weighted by Crippen LogP contribution is 2.20. The van der Waals surface area contributed by atoms with Crippen molar-refractivity contribution >= 4 is 5.91 Å². The molecule has 1 aromatic carbocycles. The van der Waals surface area contributed by atoms with Crippen LogP contribution < -0.4 is 5.32 Å². The second-order valence-corrected chi connectivity index (χ2v) is 5.81. The molecule has 0 atom stereocenters. The number of carbonyl (C=O) groups is 1. The number of hydrogen-bond donors (Lipinski definition) is 1. The molecule has 3 aromatic rings. The third-order valence-corrected chi connectivity index (χ3v) is 3.96. The quantitative estimate of drug-likeness (QED) is 0.742. The number of furan rings is 1.